The fourth-order valence-electron chi connectivity index (χ4n) is 1.76. The number of hydrogen-bond donors (Lipinski definition) is 3. The van der Waals surface area contributed by atoms with Gasteiger partial charge in [0.25, 0.3) is 0 Å². The molecule has 1 aromatic carbocycles. The predicted molar refractivity (Wildman–Crippen MR) is 66.4 cm³/mol. The van der Waals surface area contributed by atoms with Crippen molar-refractivity contribution in [3.05, 3.63) is 53.6 Å². The average molecular weight is 231 g/mol. The fourth-order valence-corrected chi connectivity index (χ4v) is 1.76. The second-order valence-electron chi connectivity index (χ2n) is 4.00. The third-order valence-electron chi connectivity index (χ3n) is 2.83. The molecule has 0 saturated heterocycles. The zero-order chi connectivity index (χ0) is 12.1. The Kier molecular flexibility index (Phi) is 3.90. The summed E-state index contributed by atoms with van der Waals surface area (Å²) in [6.07, 6.45) is 1.68. The molecule has 1 aromatic heterocycles. The monoisotopic (exact) mass is 231 g/mol. The quantitative estimate of drug-likeness (QED) is 0.731. The number of imidazole rings is 1. The van der Waals surface area contributed by atoms with Gasteiger partial charge >= 0.3 is 0 Å². The third-order valence-corrected chi connectivity index (χ3v) is 2.83. The normalized spacial score (nSPS) is 12.6. The minimum atomic E-state index is -0.0488. The van der Waals surface area contributed by atoms with E-state index < -0.39 is 0 Å². The van der Waals surface area contributed by atoms with Gasteiger partial charge in [0.1, 0.15) is 0 Å². The van der Waals surface area contributed by atoms with Gasteiger partial charge in [-0.05, 0) is 12.5 Å². The fraction of sp³-hybridized carbons (Fsp3) is 0.308. The highest BCUT2D eigenvalue weighted by atomic mass is 16.3. The van der Waals surface area contributed by atoms with E-state index in [0.29, 0.717) is 6.54 Å². The van der Waals surface area contributed by atoms with Gasteiger partial charge in [0, 0.05) is 12.2 Å². The maximum absolute atomic E-state index is 9.39. The molecule has 90 valence electrons. The van der Waals surface area contributed by atoms with Gasteiger partial charge in [0.05, 0.1) is 24.7 Å². The molecule has 2 rings (SSSR count). The highest BCUT2D eigenvalue weighted by Gasteiger charge is 2.10. The van der Waals surface area contributed by atoms with Crippen LogP contribution in [0.5, 0.6) is 0 Å². The van der Waals surface area contributed by atoms with Crippen LogP contribution in [0.2, 0.25) is 0 Å². The summed E-state index contributed by atoms with van der Waals surface area (Å²) < 4.78 is 0. The summed E-state index contributed by atoms with van der Waals surface area (Å²) in [6.45, 7) is 2.71. The molecule has 2 aromatic rings. The molecule has 4 heteroatoms. The molecule has 0 aliphatic carbocycles. The first-order chi connectivity index (χ1) is 8.31. The lowest BCUT2D eigenvalue weighted by molar-refractivity contribution is 0.243. The first-order valence-corrected chi connectivity index (χ1v) is 5.69. The molecule has 3 N–H and O–H groups in total. The summed E-state index contributed by atoms with van der Waals surface area (Å²) in [5.41, 5.74) is 3.13. The molecule has 0 spiro atoms. The molecular formula is C13H17N3O. The lowest BCUT2D eigenvalue weighted by Crippen LogP contribution is -2.24. The van der Waals surface area contributed by atoms with Crippen molar-refractivity contribution in [1.29, 1.82) is 0 Å². The summed E-state index contributed by atoms with van der Waals surface area (Å²) >= 11 is 0. The Morgan fingerprint density at radius 3 is 2.71 bits per heavy atom. The topological polar surface area (TPSA) is 60.9 Å². The lowest BCUT2D eigenvalue weighted by atomic mass is 10.1. The Hall–Kier alpha value is -1.65. The highest BCUT2D eigenvalue weighted by molar-refractivity contribution is 5.19. The largest absolute Gasteiger partial charge is 0.394 e. The van der Waals surface area contributed by atoms with Crippen LogP contribution in [0.4, 0.5) is 0 Å². The number of aromatic amines is 1. The number of nitrogens with one attached hydrogen (secondary N) is 2. The number of nitrogens with zero attached hydrogens (tertiary/aromatic N) is 1. The maximum Gasteiger partial charge on any atom is 0.0925 e. The molecular weight excluding hydrogens is 214 g/mol. The van der Waals surface area contributed by atoms with Gasteiger partial charge < -0.3 is 15.4 Å². The van der Waals surface area contributed by atoms with Crippen LogP contribution >= 0.6 is 0 Å². The number of aryl methyl sites for hydroxylation is 1. The minimum Gasteiger partial charge on any atom is -0.394 e. The van der Waals surface area contributed by atoms with E-state index >= 15 is 0 Å². The van der Waals surface area contributed by atoms with E-state index in [2.05, 4.69) is 15.3 Å². The van der Waals surface area contributed by atoms with E-state index in [4.69, 9.17) is 0 Å². The van der Waals surface area contributed by atoms with E-state index in [1.54, 1.807) is 6.33 Å². The second-order valence-corrected chi connectivity index (χ2v) is 4.00. The van der Waals surface area contributed by atoms with Crippen LogP contribution in [0.1, 0.15) is 23.0 Å². The van der Waals surface area contributed by atoms with Gasteiger partial charge in [-0.1, -0.05) is 30.3 Å². The lowest BCUT2D eigenvalue weighted by Gasteiger charge is -2.16. The van der Waals surface area contributed by atoms with E-state index in [9.17, 15) is 5.11 Å². The van der Waals surface area contributed by atoms with Crippen molar-refractivity contribution in [1.82, 2.24) is 15.3 Å². The van der Waals surface area contributed by atoms with Crippen LogP contribution in [-0.2, 0) is 6.54 Å². The predicted octanol–water partition coefficient (Wildman–Crippen LogP) is 1.54. The number of hydrogen-bond acceptors (Lipinski definition) is 3. The van der Waals surface area contributed by atoms with Crippen LogP contribution in [0.3, 0.4) is 0 Å². The zero-order valence-corrected chi connectivity index (χ0v) is 9.85. The number of benzene rings is 1. The van der Waals surface area contributed by atoms with Gasteiger partial charge in [-0.3, -0.25) is 0 Å². The van der Waals surface area contributed by atoms with Crippen LogP contribution in [0.25, 0.3) is 0 Å². The maximum atomic E-state index is 9.39. The van der Waals surface area contributed by atoms with Crippen molar-refractivity contribution in [3.8, 4) is 0 Å². The van der Waals surface area contributed by atoms with Gasteiger partial charge in [0.2, 0.25) is 0 Å². The molecule has 0 bridgehead atoms. The summed E-state index contributed by atoms with van der Waals surface area (Å²) in [4.78, 5) is 7.25. The van der Waals surface area contributed by atoms with Crippen molar-refractivity contribution in [2.45, 2.75) is 19.5 Å². The minimum absolute atomic E-state index is 0.0488. The van der Waals surface area contributed by atoms with Crippen molar-refractivity contribution in [2.24, 2.45) is 0 Å². The number of aliphatic hydroxyl groups is 1. The second kappa shape index (κ2) is 5.61. The van der Waals surface area contributed by atoms with Crippen molar-refractivity contribution < 1.29 is 5.11 Å². The molecule has 0 aliphatic heterocycles. The number of H-pyrrole nitrogens is 1. The molecule has 0 saturated carbocycles. The number of aromatic nitrogens is 2. The summed E-state index contributed by atoms with van der Waals surface area (Å²) in [5, 5.41) is 12.7. The number of aliphatic hydroxyl groups excluding tert-OH is 1. The Balaban J connectivity index is 1.99. The summed E-state index contributed by atoms with van der Waals surface area (Å²) in [7, 11) is 0. The SMILES string of the molecule is Cc1[nH]cnc1CNC(CO)c1ccccc1. The zero-order valence-electron chi connectivity index (χ0n) is 9.85. The standard InChI is InChI=1S/C13H17N3O/c1-10-12(16-9-15-10)7-14-13(8-17)11-5-3-2-4-6-11/h2-6,9,13-14,17H,7-8H2,1H3,(H,15,16). The average Bonchev–Trinajstić information content (AvgIpc) is 2.77. The Bertz CT molecular complexity index is 453. The Labute approximate surface area is 101 Å². The van der Waals surface area contributed by atoms with Gasteiger partial charge in [-0.2, -0.15) is 0 Å². The van der Waals surface area contributed by atoms with Gasteiger partial charge in [-0.25, -0.2) is 4.98 Å². The Morgan fingerprint density at radius 2 is 2.12 bits per heavy atom. The van der Waals surface area contributed by atoms with Crippen molar-refractivity contribution in [2.75, 3.05) is 6.61 Å². The van der Waals surface area contributed by atoms with Crippen molar-refractivity contribution >= 4 is 0 Å². The third kappa shape index (κ3) is 2.93. The van der Waals surface area contributed by atoms with Gasteiger partial charge in [-0.15, -0.1) is 0 Å². The van der Waals surface area contributed by atoms with Crippen LogP contribution in [0, 0.1) is 6.92 Å². The highest BCUT2D eigenvalue weighted by Crippen LogP contribution is 2.12. The van der Waals surface area contributed by atoms with Crippen LogP contribution in [-0.4, -0.2) is 21.7 Å². The first kappa shape index (κ1) is 11.8. The number of rotatable bonds is 5. The Morgan fingerprint density at radius 1 is 1.35 bits per heavy atom. The molecule has 0 fully saturated rings. The summed E-state index contributed by atoms with van der Waals surface area (Å²) in [6, 6.07) is 9.87. The molecule has 0 aliphatic rings. The molecule has 0 amide bonds. The van der Waals surface area contributed by atoms with E-state index in [-0.39, 0.29) is 12.6 Å². The van der Waals surface area contributed by atoms with E-state index in [1.165, 1.54) is 0 Å². The van der Waals surface area contributed by atoms with Gasteiger partial charge in [0.15, 0.2) is 0 Å². The molecule has 1 heterocycles. The molecule has 1 atom stereocenters. The van der Waals surface area contributed by atoms with Crippen molar-refractivity contribution in [3.63, 3.8) is 0 Å². The van der Waals surface area contributed by atoms with Crippen LogP contribution < -0.4 is 5.32 Å². The van der Waals surface area contributed by atoms with E-state index in [1.807, 2.05) is 37.3 Å². The molecule has 17 heavy (non-hydrogen) atoms. The first-order valence-electron chi connectivity index (χ1n) is 5.69. The van der Waals surface area contributed by atoms with E-state index in [0.717, 1.165) is 17.0 Å². The summed E-state index contributed by atoms with van der Waals surface area (Å²) in [5.74, 6) is 0. The molecule has 1 unspecified atom stereocenters. The molecule has 0 radical (unpaired) electrons. The molecule has 4 nitrogen and oxygen atoms in total. The van der Waals surface area contributed by atoms with Crippen LogP contribution in [0.15, 0.2) is 36.7 Å². The smallest absolute Gasteiger partial charge is 0.0925 e.